The molecule has 2 aliphatic rings. The van der Waals surface area contributed by atoms with Crippen LogP contribution in [0.4, 0.5) is 4.39 Å². The number of nitrogens with zero attached hydrogens (tertiary/aromatic N) is 4. The number of aromatic nitrogens is 2. The topological polar surface area (TPSA) is 68.7 Å². The number of piperazine rings is 1. The molecule has 0 radical (unpaired) electrons. The van der Waals surface area contributed by atoms with E-state index in [1.807, 2.05) is 18.2 Å². The first-order chi connectivity index (χ1) is 15.1. The van der Waals surface area contributed by atoms with Crippen molar-refractivity contribution in [1.29, 1.82) is 0 Å². The molecule has 166 valence electrons. The zero-order chi connectivity index (χ0) is 22.2. The summed E-state index contributed by atoms with van der Waals surface area (Å²) in [6, 6.07) is 5.61. The number of benzene rings is 1. The molecule has 2 aliphatic heterocycles. The van der Waals surface area contributed by atoms with Crippen LogP contribution >= 0.6 is 12.6 Å². The van der Waals surface area contributed by atoms with Gasteiger partial charge < -0.3 is 10.2 Å². The van der Waals surface area contributed by atoms with Gasteiger partial charge in [-0.3, -0.25) is 5.10 Å². The van der Waals surface area contributed by atoms with Crippen LogP contribution in [0, 0.1) is 5.95 Å². The fraction of sp³-hybridized carbons (Fsp3) is 0.435. The van der Waals surface area contributed by atoms with Crippen LogP contribution in [0.15, 0.2) is 51.1 Å². The summed E-state index contributed by atoms with van der Waals surface area (Å²) in [5.41, 5.74) is 4.09. The predicted octanol–water partition coefficient (Wildman–Crippen LogP) is 4.67. The van der Waals surface area contributed by atoms with Crippen LogP contribution in [0.3, 0.4) is 0 Å². The molecule has 6 nitrogen and oxygen atoms in total. The number of amidine groups is 1. The van der Waals surface area contributed by atoms with Crippen molar-refractivity contribution < 1.29 is 4.39 Å². The van der Waals surface area contributed by atoms with Gasteiger partial charge in [0.25, 0.3) is 0 Å². The Balaban J connectivity index is 0.000000858. The van der Waals surface area contributed by atoms with Crippen molar-refractivity contribution in [3.05, 3.63) is 47.6 Å². The van der Waals surface area contributed by atoms with E-state index in [4.69, 9.17) is 0 Å². The highest BCUT2D eigenvalue weighted by molar-refractivity contribution is 7.80. The highest BCUT2D eigenvalue weighted by Gasteiger charge is 2.19. The average molecular weight is 443 g/mol. The Morgan fingerprint density at radius 1 is 1.10 bits per heavy atom. The third-order valence-corrected chi connectivity index (χ3v) is 5.48. The highest BCUT2D eigenvalue weighted by Crippen LogP contribution is 2.27. The lowest BCUT2D eigenvalue weighted by Crippen LogP contribution is -2.46. The van der Waals surface area contributed by atoms with Crippen LogP contribution in [0.1, 0.15) is 45.6 Å². The molecule has 31 heavy (non-hydrogen) atoms. The molecule has 0 atom stereocenters. The van der Waals surface area contributed by atoms with Gasteiger partial charge in [-0.15, -0.1) is 22.8 Å². The fourth-order valence-corrected chi connectivity index (χ4v) is 3.80. The first kappa shape index (κ1) is 23.2. The average Bonchev–Trinajstić information content (AvgIpc) is 3.09. The van der Waals surface area contributed by atoms with Gasteiger partial charge in [-0.25, -0.2) is 0 Å². The van der Waals surface area contributed by atoms with Gasteiger partial charge in [0.1, 0.15) is 5.84 Å². The van der Waals surface area contributed by atoms with Gasteiger partial charge in [-0.2, -0.15) is 9.49 Å². The number of aromatic amines is 1. The van der Waals surface area contributed by atoms with E-state index >= 15 is 0 Å². The second kappa shape index (κ2) is 11.2. The molecule has 0 saturated carbocycles. The Morgan fingerprint density at radius 3 is 2.45 bits per heavy atom. The van der Waals surface area contributed by atoms with Crippen molar-refractivity contribution >= 4 is 24.2 Å². The summed E-state index contributed by atoms with van der Waals surface area (Å²) < 4.78 is 13.8. The molecule has 3 heterocycles. The summed E-state index contributed by atoms with van der Waals surface area (Å²) in [5.74, 6) is 0.563. The zero-order valence-electron chi connectivity index (χ0n) is 18.5. The molecule has 8 heteroatoms. The number of rotatable bonds is 3. The largest absolute Gasteiger partial charge is 0.356 e. The first-order valence-electron chi connectivity index (χ1n) is 10.9. The summed E-state index contributed by atoms with van der Waals surface area (Å²) in [4.78, 5) is 3.03. The molecule has 4 rings (SSSR count). The Kier molecular flexibility index (Phi) is 8.43. The molecule has 0 amide bonds. The van der Waals surface area contributed by atoms with Gasteiger partial charge in [0.15, 0.2) is 0 Å². The van der Waals surface area contributed by atoms with Crippen LogP contribution in [0.5, 0.6) is 0 Å². The smallest absolute Gasteiger partial charge is 0.216 e. The standard InChI is InChI=1S/C20H23FN6S.C3H8/c1-2-13-9-17(24-25-19(10-13)27-7-5-22-6-8-27)15-4-3-14(11-18(15)28)16-12-23-26-20(16)21;1-3-2/h3-4,9,11-12,22,28H,2,5-8,10H2,1H3,(H,23,26);3H2,1-2H3. The number of halogens is 1. The molecule has 0 spiro atoms. The van der Waals surface area contributed by atoms with Gasteiger partial charge in [-0.05, 0) is 24.1 Å². The van der Waals surface area contributed by atoms with E-state index in [1.54, 1.807) is 0 Å². The molecule has 0 aliphatic carbocycles. The number of hydrogen-bond acceptors (Lipinski definition) is 6. The Morgan fingerprint density at radius 2 is 1.84 bits per heavy atom. The van der Waals surface area contributed by atoms with E-state index in [0.29, 0.717) is 5.56 Å². The number of hydrogen-bond donors (Lipinski definition) is 3. The molecule has 1 saturated heterocycles. The van der Waals surface area contributed by atoms with Crippen LogP contribution < -0.4 is 5.32 Å². The molecule has 0 unspecified atom stereocenters. The van der Waals surface area contributed by atoms with Crippen molar-refractivity contribution in [3.8, 4) is 11.1 Å². The molecular formula is C23H31FN6S. The molecule has 1 aromatic heterocycles. The summed E-state index contributed by atoms with van der Waals surface area (Å²) >= 11 is 4.63. The van der Waals surface area contributed by atoms with Crippen molar-refractivity contribution in [3.63, 3.8) is 0 Å². The Labute approximate surface area is 189 Å². The SMILES string of the molecule is CCC.CCC1=CC(c2ccc(-c3cn[nH]c3F)cc2S)=NN=C(N2CCNCC2)C1. The lowest BCUT2D eigenvalue weighted by molar-refractivity contribution is 0.352. The van der Waals surface area contributed by atoms with Crippen molar-refractivity contribution in [2.75, 3.05) is 26.2 Å². The Hall–Kier alpha value is -2.45. The minimum atomic E-state index is -0.453. The van der Waals surface area contributed by atoms with E-state index in [9.17, 15) is 4.39 Å². The van der Waals surface area contributed by atoms with E-state index < -0.39 is 5.95 Å². The van der Waals surface area contributed by atoms with Crippen molar-refractivity contribution in [1.82, 2.24) is 20.4 Å². The number of nitrogens with one attached hydrogen (secondary N) is 2. The van der Waals surface area contributed by atoms with E-state index in [2.05, 4.69) is 70.1 Å². The predicted molar refractivity (Wildman–Crippen MR) is 129 cm³/mol. The van der Waals surface area contributed by atoms with Crippen LogP contribution in [0.25, 0.3) is 11.1 Å². The molecule has 0 bridgehead atoms. The number of allylic oxidation sites excluding steroid dienone is 1. The van der Waals surface area contributed by atoms with Crippen LogP contribution in [0.2, 0.25) is 0 Å². The van der Waals surface area contributed by atoms with Gasteiger partial charge >= 0.3 is 0 Å². The third-order valence-electron chi connectivity index (χ3n) is 5.11. The summed E-state index contributed by atoms with van der Waals surface area (Å²) in [7, 11) is 0. The van der Waals surface area contributed by atoms with E-state index in [0.717, 1.165) is 66.6 Å². The molecular weight excluding hydrogens is 411 g/mol. The van der Waals surface area contributed by atoms with E-state index in [-0.39, 0.29) is 0 Å². The lowest BCUT2D eigenvalue weighted by Gasteiger charge is -2.29. The van der Waals surface area contributed by atoms with Gasteiger partial charge in [-0.1, -0.05) is 44.9 Å². The molecule has 2 N–H and O–H groups in total. The van der Waals surface area contributed by atoms with Gasteiger partial charge in [0.05, 0.1) is 17.5 Å². The maximum absolute atomic E-state index is 13.8. The lowest BCUT2D eigenvalue weighted by atomic mass is 10.0. The molecule has 1 aromatic carbocycles. The summed E-state index contributed by atoms with van der Waals surface area (Å²) in [6.07, 6.45) is 6.57. The summed E-state index contributed by atoms with van der Waals surface area (Å²) in [6.45, 7) is 10.2. The minimum absolute atomic E-state index is 0.424. The second-order valence-corrected chi connectivity index (χ2v) is 8.09. The maximum Gasteiger partial charge on any atom is 0.216 e. The summed E-state index contributed by atoms with van der Waals surface area (Å²) in [5, 5.41) is 18.5. The number of H-pyrrole nitrogens is 1. The van der Waals surface area contributed by atoms with Crippen LogP contribution in [-0.2, 0) is 0 Å². The third kappa shape index (κ3) is 5.83. The Bertz CT molecular complexity index is 972. The number of thiol groups is 1. The van der Waals surface area contributed by atoms with Gasteiger partial charge in [0.2, 0.25) is 5.95 Å². The van der Waals surface area contributed by atoms with Gasteiger partial charge in [0, 0.05) is 43.1 Å². The minimum Gasteiger partial charge on any atom is -0.356 e. The highest BCUT2D eigenvalue weighted by atomic mass is 32.1. The second-order valence-electron chi connectivity index (χ2n) is 7.61. The van der Waals surface area contributed by atoms with Crippen molar-refractivity contribution in [2.45, 2.75) is 44.9 Å². The molecule has 2 aromatic rings. The maximum atomic E-state index is 13.8. The monoisotopic (exact) mass is 442 g/mol. The normalized spacial score (nSPS) is 16.5. The zero-order valence-corrected chi connectivity index (χ0v) is 19.3. The van der Waals surface area contributed by atoms with Crippen molar-refractivity contribution in [2.24, 2.45) is 10.2 Å². The fourth-order valence-electron chi connectivity index (χ4n) is 3.47. The van der Waals surface area contributed by atoms with E-state index in [1.165, 1.54) is 18.2 Å². The van der Waals surface area contributed by atoms with Crippen LogP contribution in [-0.4, -0.2) is 52.8 Å². The quantitative estimate of drug-likeness (QED) is 0.605. The molecule has 1 fully saturated rings. The first-order valence-corrected chi connectivity index (χ1v) is 11.3.